The molecule has 1 aromatic heterocycles. The lowest BCUT2D eigenvalue weighted by atomic mass is 10.00. The number of methoxy groups -OCH3 is 2. The number of benzene rings is 1. The van der Waals surface area contributed by atoms with E-state index in [0.29, 0.717) is 42.5 Å². The average molecular weight is 478 g/mol. The number of amides is 2. The van der Waals surface area contributed by atoms with Gasteiger partial charge in [-0.3, -0.25) is 9.59 Å². The molecule has 1 fully saturated rings. The third-order valence-electron chi connectivity index (χ3n) is 5.56. The molecule has 33 heavy (non-hydrogen) atoms. The van der Waals surface area contributed by atoms with Gasteiger partial charge in [0.2, 0.25) is 5.91 Å². The summed E-state index contributed by atoms with van der Waals surface area (Å²) in [7, 11) is 2.88. The number of aromatic nitrogens is 2. The van der Waals surface area contributed by atoms with Gasteiger partial charge in [0.15, 0.2) is 11.0 Å². The Labute approximate surface area is 197 Å². The minimum atomic E-state index is -0.547. The largest absolute Gasteiger partial charge is 0.465 e. The maximum atomic E-state index is 12.7. The molecule has 0 saturated carbocycles. The maximum Gasteiger partial charge on any atom is 0.340 e. The van der Waals surface area contributed by atoms with Crippen LogP contribution in [0.4, 0.5) is 11.4 Å². The van der Waals surface area contributed by atoms with E-state index >= 15 is 0 Å². The van der Waals surface area contributed by atoms with E-state index in [1.54, 1.807) is 19.2 Å². The van der Waals surface area contributed by atoms with Gasteiger partial charge in [0.25, 0.3) is 5.91 Å². The Kier molecular flexibility index (Phi) is 7.93. The van der Waals surface area contributed by atoms with Gasteiger partial charge in [-0.05, 0) is 31.0 Å². The quantitative estimate of drug-likeness (QED) is 0.523. The number of carbonyl (C=O) groups is 3. The molecule has 2 aromatic rings. The van der Waals surface area contributed by atoms with Crippen molar-refractivity contribution in [1.82, 2.24) is 15.3 Å². The van der Waals surface area contributed by atoms with Crippen molar-refractivity contribution in [3.8, 4) is 0 Å². The smallest absolute Gasteiger partial charge is 0.340 e. The SMILES string of the molecule is CCc1[nH]c(C(=O)N[C@H]2CCN(c3ccc(NC(C)=O)c(C(=O)OC)c3)C[C@H]2OC)nc1Cl. The lowest BCUT2D eigenvalue weighted by molar-refractivity contribution is -0.114. The number of hydrogen-bond donors (Lipinski definition) is 3. The highest BCUT2D eigenvalue weighted by Crippen LogP contribution is 2.27. The molecule has 1 aliphatic heterocycles. The second-order valence-corrected chi connectivity index (χ2v) is 8.06. The molecule has 0 aliphatic carbocycles. The summed E-state index contributed by atoms with van der Waals surface area (Å²) in [5.41, 5.74) is 2.13. The van der Waals surface area contributed by atoms with E-state index in [-0.39, 0.29) is 35.3 Å². The minimum absolute atomic E-state index is 0.172. The number of hydrogen-bond acceptors (Lipinski definition) is 7. The zero-order chi connectivity index (χ0) is 24.1. The second-order valence-electron chi connectivity index (χ2n) is 7.70. The number of nitrogens with zero attached hydrogens (tertiary/aromatic N) is 2. The number of anilines is 2. The van der Waals surface area contributed by atoms with Gasteiger partial charge >= 0.3 is 5.97 Å². The van der Waals surface area contributed by atoms with Crippen molar-refractivity contribution in [3.05, 3.63) is 40.4 Å². The number of H-pyrrole nitrogens is 1. The van der Waals surface area contributed by atoms with Crippen LogP contribution in [0.25, 0.3) is 0 Å². The molecule has 1 saturated heterocycles. The molecular formula is C22H28ClN5O5. The summed E-state index contributed by atoms with van der Waals surface area (Å²) in [4.78, 5) is 45.5. The van der Waals surface area contributed by atoms with Crippen molar-refractivity contribution < 1.29 is 23.9 Å². The molecule has 11 heteroatoms. The molecule has 1 aromatic carbocycles. The Bertz CT molecular complexity index is 1040. The molecule has 3 N–H and O–H groups in total. The monoisotopic (exact) mass is 477 g/mol. The van der Waals surface area contributed by atoms with E-state index in [0.717, 1.165) is 5.69 Å². The number of aromatic amines is 1. The van der Waals surface area contributed by atoms with Gasteiger partial charge in [-0.15, -0.1) is 0 Å². The number of ether oxygens (including phenoxy) is 2. The topological polar surface area (TPSA) is 126 Å². The molecular weight excluding hydrogens is 450 g/mol. The number of rotatable bonds is 7. The summed E-state index contributed by atoms with van der Waals surface area (Å²) in [6, 6.07) is 4.94. The van der Waals surface area contributed by atoms with Gasteiger partial charge in [-0.1, -0.05) is 18.5 Å². The van der Waals surface area contributed by atoms with Crippen LogP contribution in [0.15, 0.2) is 18.2 Å². The highest BCUT2D eigenvalue weighted by Gasteiger charge is 2.32. The molecule has 2 amide bonds. The summed E-state index contributed by atoms with van der Waals surface area (Å²) in [6.45, 7) is 4.40. The number of imidazole rings is 1. The van der Waals surface area contributed by atoms with Gasteiger partial charge in [0.05, 0.1) is 36.2 Å². The predicted octanol–water partition coefficient (Wildman–Crippen LogP) is 2.39. The van der Waals surface area contributed by atoms with Crippen molar-refractivity contribution in [2.24, 2.45) is 0 Å². The number of halogens is 1. The van der Waals surface area contributed by atoms with Gasteiger partial charge in [0, 0.05) is 32.8 Å². The van der Waals surface area contributed by atoms with Crippen LogP contribution in [0.2, 0.25) is 5.15 Å². The summed E-state index contributed by atoms with van der Waals surface area (Å²) in [5.74, 6) is -1.00. The van der Waals surface area contributed by atoms with Crippen LogP contribution < -0.4 is 15.5 Å². The van der Waals surface area contributed by atoms with Crippen molar-refractivity contribution in [2.75, 3.05) is 37.5 Å². The predicted molar refractivity (Wildman–Crippen MR) is 124 cm³/mol. The maximum absolute atomic E-state index is 12.7. The third-order valence-corrected chi connectivity index (χ3v) is 5.87. The fourth-order valence-electron chi connectivity index (χ4n) is 3.83. The van der Waals surface area contributed by atoms with E-state index in [4.69, 9.17) is 21.1 Å². The molecule has 0 spiro atoms. The van der Waals surface area contributed by atoms with Crippen LogP contribution in [-0.4, -0.2) is 67.2 Å². The molecule has 0 radical (unpaired) electrons. The lowest BCUT2D eigenvalue weighted by Crippen LogP contribution is -2.55. The number of esters is 1. The molecule has 1 aliphatic rings. The van der Waals surface area contributed by atoms with Gasteiger partial charge < -0.3 is 30.0 Å². The Hall–Kier alpha value is -3.11. The zero-order valence-electron chi connectivity index (χ0n) is 19.0. The van der Waals surface area contributed by atoms with Crippen LogP contribution in [0.3, 0.4) is 0 Å². The summed E-state index contributed by atoms with van der Waals surface area (Å²) in [5, 5.41) is 5.92. The van der Waals surface area contributed by atoms with E-state index in [1.807, 2.05) is 13.0 Å². The van der Waals surface area contributed by atoms with Crippen molar-refractivity contribution in [1.29, 1.82) is 0 Å². The highest BCUT2D eigenvalue weighted by atomic mass is 35.5. The van der Waals surface area contributed by atoms with E-state index < -0.39 is 5.97 Å². The van der Waals surface area contributed by atoms with Gasteiger partial charge in [-0.25, -0.2) is 9.78 Å². The fourth-order valence-corrected chi connectivity index (χ4v) is 4.09. The third kappa shape index (κ3) is 5.63. The van der Waals surface area contributed by atoms with Gasteiger partial charge in [0.1, 0.15) is 0 Å². The van der Waals surface area contributed by atoms with Crippen molar-refractivity contribution >= 4 is 40.8 Å². The Balaban J connectivity index is 1.74. The molecule has 2 atom stereocenters. The molecule has 0 bridgehead atoms. The first-order valence-corrected chi connectivity index (χ1v) is 11.0. The van der Waals surface area contributed by atoms with Crippen molar-refractivity contribution in [3.63, 3.8) is 0 Å². The molecule has 3 rings (SSSR count). The number of nitrogens with one attached hydrogen (secondary N) is 3. The Morgan fingerprint density at radius 1 is 1.30 bits per heavy atom. The van der Waals surface area contributed by atoms with Crippen LogP contribution in [-0.2, 0) is 20.7 Å². The fraction of sp³-hybridized carbons (Fsp3) is 0.455. The first-order chi connectivity index (χ1) is 15.8. The summed E-state index contributed by atoms with van der Waals surface area (Å²) >= 11 is 6.05. The second kappa shape index (κ2) is 10.7. The average Bonchev–Trinajstić information content (AvgIpc) is 3.19. The Morgan fingerprint density at radius 2 is 2.06 bits per heavy atom. The number of carbonyl (C=O) groups excluding carboxylic acids is 3. The molecule has 0 unspecified atom stereocenters. The Morgan fingerprint density at radius 3 is 2.67 bits per heavy atom. The summed E-state index contributed by atoms with van der Waals surface area (Å²) in [6.07, 6.45) is 0.961. The molecule has 10 nitrogen and oxygen atoms in total. The number of aryl methyl sites for hydroxylation is 1. The highest BCUT2D eigenvalue weighted by molar-refractivity contribution is 6.30. The normalized spacial score (nSPS) is 18.0. The van der Waals surface area contributed by atoms with E-state index in [9.17, 15) is 14.4 Å². The zero-order valence-corrected chi connectivity index (χ0v) is 19.8. The van der Waals surface area contributed by atoms with Crippen LogP contribution in [0.5, 0.6) is 0 Å². The van der Waals surface area contributed by atoms with Crippen LogP contribution in [0, 0.1) is 0 Å². The van der Waals surface area contributed by atoms with E-state index in [2.05, 4.69) is 25.5 Å². The molecule has 178 valence electrons. The van der Waals surface area contributed by atoms with Crippen molar-refractivity contribution in [2.45, 2.75) is 38.8 Å². The van der Waals surface area contributed by atoms with E-state index in [1.165, 1.54) is 14.0 Å². The first kappa shape index (κ1) is 24.5. The van der Waals surface area contributed by atoms with Gasteiger partial charge in [-0.2, -0.15) is 0 Å². The lowest BCUT2D eigenvalue weighted by Gasteiger charge is -2.39. The summed E-state index contributed by atoms with van der Waals surface area (Å²) < 4.78 is 10.5. The van der Waals surface area contributed by atoms with Crippen LogP contribution in [0.1, 0.15) is 46.9 Å². The van der Waals surface area contributed by atoms with Crippen LogP contribution >= 0.6 is 11.6 Å². The standard InChI is InChI=1S/C22H28ClN5O5/c1-5-15-19(23)27-20(25-15)21(30)26-17-8-9-28(11-18(17)32-3)13-6-7-16(24-12(2)29)14(10-13)22(31)33-4/h6-7,10,17-18H,5,8-9,11H2,1-4H3,(H,24,29)(H,25,27)(H,26,30)/t17-,18+/m0/s1. The minimum Gasteiger partial charge on any atom is -0.465 e. The number of piperidine rings is 1. The molecule has 2 heterocycles. The first-order valence-electron chi connectivity index (χ1n) is 10.6.